The van der Waals surface area contributed by atoms with E-state index in [0.29, 0.717) is 5.56 Å². The highest BCUT2D eigenvalue weighted by Crippen LogP contribution is 2.27. The topological polar surface area (TPSA) is 26.3 Å². The molecule has 0 N–H and O–H groups in total. The Hall–Kier alpha value is -1.80. The molecule has 0 aliphatic carbocycles. The number of Topliss-reactive ketones (excluding diaryl/α,β-unsaturated/α-hetero) is 1. The molecular weight excluding hydrogens is 260 g/mol. The van der Waals surface area contributed by atoms with Gasteiger partial charge in [0.05, 0.1) is 7.11 Å². The lowest BCUT2D eigenvalue weighted by Gasteiger charge is -2.11. The third-order valence-electron chi connectivity index (χ3n) is 3.00. The van der Waals surface area contributed by atoms with Crippen molar-refractivity contribution in [3.63, 3.8) is 0 Å². The molecule has 1 atom stereocenters. The molecule has 98 valence electrons. The summed E-state index contributed by atoms with van der Waals surface area (Å²) in [6.07, 6.45) is 0. The van der Waals surface area contributed by atoms with Gasteiger partial charge in [0.1, 0.15) is 11.1 Å². The standard InChI is InChI=1S/C16H15ClO2/c1-11-10-13(8-9-14(11)19-2)16(18)15(17)12-6-4-3-5-7-12/h3-10,15H,1-2H3. The number of ether oxygens (including phenoxy) is 1. The van der Waals surface area contributed by atoms with Crippen molar-refractivity contribution in [2.75, 3.05) is 7.11 Å². The highest BCUT2D eigenvalue weighted by Gasteiger charge is 2.19. The number of ketones is 1. The number of alkyl halides is 1. The predicted octanol–water partition coefficient (Wildman–Crippen LogP) is 4.17. The summed E-state index contributed by atoms with van der Waals surface area (Å²) in [5, 5.41) is -0.658. The van der Waals surface area contributed by atoms with Gasteiger partial charge in [0, 0.05) is 5.56 Å². The van der Waals surface area contributed by atoms with Gasteiger partial charge in [-0.25, -0.2) is 0 Å². The summed E-state index contributed by atoms with van der Waals surface area (Å²) in [5.74, 6) is 0.668. The van der Waals surface area contributed by atoms with Crippen molar-refractivity contribution in [3.05, 3.63) is 65.2 Å². The molecule has 19 heavy (non-hydrogen) atoms. The molecular formula is C16H15ClO2. The van der Waals surface area contributed by atoms with Crippen LogP contribution in [0, 0.1) is 6.92 Å². The molecule has 3 heteroatoms. The van der Waals surface area contributed by atoms with E-state index in [1.54, 1.807) is 25.3 Å². The minimum absolute atomic E-state index is 0.0985. The second-order valence-electron chi connectivity index (χ2n) is 4.32. The molecule has 0 radical (unpaired) electrons. The van der Waals surface area contributed by atoms with Gasteiger partial charge in [-0.2, -0.15) is 0 Å². The summed E-state index contributed by atoms with van der Waals surface area (Å²) in [6.45, 7) is 1.90. The van der Waals surface area contributed by atoms with Gasteiger partial charge < -0.3 is 4.74 Å². The van der Waals surface area contributed by atoms with E-state index in [4.69, 9.17) is 16.3 Å². The fourth-order valence-corrected chi connectivity index (χ4v) is 2.22. The average molecular weight is 275 g/mol. The van der Waals surface area contributed by atoms with Crippen LogP contribution in [0.1, 0.15) is 26.9 Å². The van der Waals surface area contributed by atoms with Crippen LogP contribution in [0.5, 0.6) is 5.75 Å². The lowest BCUT2D eigenvalue weighted by molar-refractivity contribution is 0.0987. The molecule has 0 fully saturated rings. The van der Waals surface area contributed by atoms with Crippen LogP contribution in [0.25, 0.3) is 0 Å². The molecule has 2 aromatic carbocycles. The van der Waals surface area contributed by atoms with E-state index < -0.39 is 5.38 Å². The Morgan fingerprint density at radius 3 is 2.42 bits per heavy atom. The molecule has 2 nitrogen and oxygen atoms in total. The number of aryl methyl sites for hydroxylation is 1. The van der Waals surface area contributed by atoms with Crippen LogP contribution in [0.15, 0.2) is 48.5 Å². The fraction of sp³-hybridized carbons (Fsp3) is 0.188. The Morgan fingerprint density at radius 2 is 1.84 bits per heavy atom. The summed E-state index contributed by atoms with van der Waals surface area (Å²) in [5.41, 5.74) is 2.33. The number of methoxy groups -OCH3 is 1. The van der Waals surface area contributed by atoms with E-state index in [0.717, 1.165) is 16.9 Å². The van der Waals surface area contributed by atoms with Crippen LogP contribution in [-0.2, 0) is 0 Å². The van der Waals surface area contributed by atoms with Crippen molar-refractivity contribution in [1.29, 1.82) is 0 Å². The Labute approximate surface area is 118 Å². The van der Waals surface area contributed by atoms with Gasteiger partial charge in [0.25, 0.3) is 0 Å². The fourth-order valence-electron chi connectivity index (χ4n) is 1.95. The van der Waals surface area contributed by atoms with E-state index in [-0.39, 0.29) is 5.78 Å². The minimum Gasteiger partial charge on any atom is -0.496 e. The third kappa shape index (κ3) is 2.96. The summed E-state index contributed by atoms with van der Waals surface area (Å²) < 4.78 is 5.18. The third-order valence-corrected chi connectivity index (χ3v) is 3.45. The number of hydrogen-bond donors (Lipinski definition) is 0. The molecule has 0 aliphatic rings. The molecule has 0 bridgehead atoms. The van der Waals surface area contributed by atoms with Crippen LogP contribution in [-0.4, -0.2) is 12.9 Å². The van der Waals surface area contributed by atoms with E-state index in [1.165, 1.54) is 0 Å². The predicted molar refractivity (Wildman–Crippen MR) is 77.1 cm³/mol. The van der Waals surface area contributed by atoms with Crippen molar-refractivity contribution in [2.45, 2.75) is 12.3 Å². The molecule has 0 aromatic heterocycles. The maximum Gasteiger partial charge on any atom is 0.185 e. The zero-order valence-corrected chi connectivity index (χ0v) is 11.6. The summed E-state index contributed by atoms with van der Waals surface area (Å²) in [7, 11) is 1.61. The van der Waals surface area contributed by atoms with Gasteiger partial charge in [-0.1, -0.05) is 30.3 Å². The first kappa shape index (κ1) is 13.6. The van der Waals surface area contributed by atoms with Gasteiger partial charge in [-0.15, -0.1) is 11.6 Å². The van der Waals surface area contributed by atoms with E-state index in [9.17, 15) is 4.79 Å². The molecule has 0 amide bonds. The van der Waals surface area contributed by atoms with E-state index in [2.05, 4.69) is 0 Å². The Morgan fingerprint density at radius 1 is 1.16 bits per heavy atom. The van der Waals surface area contributed by atoms with Crippen LogP contribution < -0.4 is 4.74 Å². The Bertz CT molecular complexity index is 579. The highest BCUT2D eigenvalue weighted by atomic mass is 35.5. The first-order chi connectivity index (χ1) is 9.13. The first-order valence-electron chi connectivity index (χ1n) is 6.01. The van der Waals surface area contributed by atoms with Crippen LogP contribution in [0.4, 0.5) is 0 Å². The van der Waals surface area contributed by atoms with E-state index >= 15 is 0 Å². The molecule has 0 heterocycles. The number of rotatable bonds is 4. The van der Waals surface area contributed by atoms with Crippen LogP contribution >= 0.6 is 11.6 Å². The van der Waals surface area contributed by atoms with Crippen molar-refractivity contribution in [1.82, 2.24) is 0 Å². The number of hydrogen-bond acceptors (Lipinski definition) is 2. The molecule has 2 aromatic rings. The van der Waals surface area contributed by atoms with Crippen LogP contribution in [0.3, 0.4) is 0 Å². The lowest BCUT2D eigenvalue weighted by atomic mass is 10.0. The number of carbonyl (C=O) groups excluding carboxylic acids is 1. The largest absolute Gasteiger partial charge is 0.496 e. The first-order valence-corrected chi connectivity index (χ1v) is 6.45. The van der Waals surface area contributed by atoms with Gasteiger partial charge in [-0.3, -0.25) is 4.79 Å². The van der Waals surface area contributed by atoms with E-state index in [1.807, 2.05) is 37.3 Å². The number of carbonyl (C=O) groups is 1. The molecule has 0 saturated heterocycles. The number of halogens is 1. The second kappa shape index (κ2) is 5.89. The summed E-state index contributed by atoms with van der Waals surface area (Å²) >= 11 is 6.24. The maximum atomic E-state index is 12.3. The normalized spacial score (nSPS) is 11.9. The average Bonchev–Trinajstić information content (AvgIpc) is 2.46. The number of benzene rings is 2. The highest BCUT2D eigenvalue weighted by molar-refractivity contribution is 6.33. The van der Waals surface area contributed by atoms with Gasteiger partial charge in [-0.05, 0) is 36.2 Å². The lowest BCUT2D eigenvalue weighted by Crippen LogP contribution is -2.07. The van der Waals surface area contributed by atoms with Gasteiger partial charge in [0.15, 0.2) is 5.78 Å². The van der Waals surface area contributed by atoms with Gasteiger partial charge in [0.2, 0.25) is 0 Å². The van der Waals surface area contributed by atoms with Crippen molar-refractivity contribution < 1.29 is 9.53 Å². The zero-order valence-electron chi connectivity index (χ0n) is 10.9. The second-order valence-corrected chi connectivity index (χ2v) is 4.76. The Balaban J connectivity index is 2.27. The zero-order chi connectivity index (χ0) is 13.8. The molecule has 2 rings (SSSR count). The summed E-state index contributed by atoms with van der Waals surface area (Å²) in [6, 6.07) is 14.7. The molecule has 1 unspecified atom stereocenters. The minimum atomic E-state index is -0.658. The van der Waals surface area contributed by atoms with Gasteiger partial charge >= 0.3 is 0 Å². The van der Waals surface area contributed by atoms with Crippen LogP contribution in [0.2, 0.25) is 0 Å². The van der Waals surface area contributed by atoms with Crippen molar-refractivity contribution >= 4 is 17.4 Å². The van der Waals surface area contributed by atoms with Crippen molar-refractivity contribution in [2.24, 2.45) is 0 Å². The quantitative estimate of drug-likeness (QED) is 0.618. The molecule has 0 aliphatic heterocycles. The molecule has 0 spiro atoms. The Kier molecular flexibility index (Phi) is 4.23. The SMILES string of the molecule is COc1ccc(C(=O)C(Cl)c2ccccc2)cc1C. The maximum absolute atomic E-state index is 12.3. The van der Waals surface area contributed by atoms with Crippen molar-refractivity contribution in [3.8, 4) is 5.75 Å². The monoisotopic (exact) mass is 274 g/mol. The smallest absolute Gasteiger partial charge is 0.185 e. The summed E-state index contributed by atoms with van der Waals surface area (Å²) in [4.78, 5) is 12.3. The molecule has 0 saturated carbocycles.